The van der Waals surface area contributed by atoms with E-state index in [-0.39, 0.29) is 0 Å². The van der Waals surface area contributed by atoms with Gasteiger partial charge in [0.1, 0.15) is 5.01 Å². The van der Waals surface area contributed by atoms with Crippen molar-refractivity contribution in [2.45, 2.75) is 13.1 Å². The molecule has 2 rings (SSSR count). The highest BCUT2D eigenvalue weighted by molar-refractivity contribution is 7.09. The molecule has 1 fully saturated rings. The second-order valence-electron chi connectivity index (χ2n) is 4.29. The van der Waals surface area contributed by atoms with Gasteiger partial charge < -0.3 is 14.8 Å². The molecule has 6 heteroatoms. The third-order valence-electron chi connectivity index (χ3n) is 2.85. The molecule has 0 unspecified atom stereocenters. The van der Waals surface area contributed by atoms with Gasteiger partial charge in [0.15, 0.2) is 0 Å². The number of morpholine rings is 1. The lowest BCUT2D eigenvalue weighted by atomic mass is 10.4. The van der Waals surface area contributed by atoms with Gasteiger partial charge in [0, 0.05) is 38.7 Å². The summed E-state index contributed by atoms with van der Waals surface area (Å²) < 4.78 is 10.3. The summed E-state index contributed by atoms with van der Waals surface area (Å²) in [6.45, 7) is 7.10. The second kappa shape index (κ2) is 7.81. The molecule has 0 saturated carbocycles. The first-order valence-corrected chi connectivity index (χ1v) is 7.19. The summed E-state index contributed by atoms with van der Waals surface area (Å²) in [5, 5.41) is 6.63. The van der Waals surface area contributed by atoms with Crippen LogP contribution in [0.3, 0.4) is 0 Å². The van der Waals surface area contributed by atoms with Crippen molar-refractivity contribution in [2.24, 2.45) is 0 Å². The molecular weight excluding hydrogens is 250 g/mol. The van der Waals surface area contributed by atoms with E-state index in [2.05, 4.69) is 20.6 Å². The Bertz CT molecular complexity index is 340. The summed E-state index contributed by atoms with van der Waals surface area (Å²) >= 11 is 1.74. The van der Waals surface area contributed by atoms with Crippen LogP contribution in [0.5, 0.6) is 0 Å². The third kappa shape index (κ3) is 4.62. The Hall–Kier alpha value is -0.530. The van der Waals surface area contributed by atoms with E-state index in [0.717, 1.165) is 58.2 Å². The van der Waals surface area contributed by atoms with Gasteiger partial charge in [0.2, 0.25) is 0 Å². The molecule has 1 aromatic heterocycles. The predicted octanol–water partition coefficient (Wildman–Crippen LogP) is 0.711. The number of aromatic nitrogens is 1. The summed E-state index contributed by atoms with van der Waals surface area (Å²) in [6.07, 6.45) is 0. The van der Waals surface area contributed by atoms with Crippen molar-refractivity contribution in [1.82, 2.24) is 15.2 Å². The number of rotatable bonds is 7. The number of thiazole rings is 1. The Morgan fingerprint density at radius 1 is 1.50 bits per heavy atom. The van der Waals surface area contributed by atoms with Gasteiger partial charge in [-0.3, -0.25) is 4.90 Å². The molecule has 0 atom stereocenters. The van der Waals surface area contributed by atoms with E-state index in [1.54, 1.807) is 18.4 Å². The van der Waals surface area contributed by atoms with E-state index >= 15 is 0 Å². The molecule has 102 valence electrons. The number of hydrogen-bond donors (Lipinski definition) is 1. The van der Waals surface area contributed by atoms with E-state index in [0.29, 0.717) is 0 Å². The summed E-state index contributed by atoms with van der Waals surface area (Å²) in [6, 6.07) is 0. The maximum atomic E-state index is 5.34. The number of nitrogens with zero attached hydrogens (tertiary/aromatic N) is 2. The molecule has 0 radical (unpaired) electrons. The Kier molecular flexibility index (Phi) is 6.02. The van der Waals surface area contributed by atoms with Crippen LogP contribution in [0, 0.1) is 0 Å². The van der Waals surface area contributed by atoms with E-state index in [9.17, 15) is 0 Å². The molecule has 1 saturated heterocycles. The fourth-order valence-corrected chi connectivity index (χ4v) is 2.68. The first kappa shape index (κ1) is 13.9. The summed E-state index contributed by atoms with van der Waals surface area (Å²) in [4.78, 5) is 7.03. The van der Waals surface area contributed by atoms with Crippen molar-refractivity contribution in [2.75, 3.05) is 46.6 Å². The Morgan fingerprint density at radius 3 is 3.11 bits per heavy atom. The van der Waals surface area contributed by atoms with Crippen LogP contribution in [-0.4, -0.2) is 56.4 Å². The molecule has 0 bridgehead atoms. The summed E-state index contributed by atoms with van der Waals surface area (Å²) in [7, 11) is 1.71. The molecule has 0 spiro atoms. The standard InChI is InChI=1S/C12H21N3O2S/c1-16-5-2-13-8-11-10-18-12(14-11)9-15-3-6-17-7-4-15/h10,13H,2-9H2,1H3. The average Bonchev–Trinajstić information content (AvgIpc) is 2.84. The SMILES string of the molecule is COCCNCc1csc(CN2CCOCC2)n1. The van der Waals surface area contributed by atoms with E-state index in [1.807, 2.05) is 0 Å². The zero-order valence-electron chi connectivity index (χ0n) is 10.9. The monoisotopic (exact) mass is 271 g/mol. The van der Waals surface area contributed by atoms with Crippen molar-refractivity contribution >= 4 is 11.3 Å². The third-order valence-corrected chi connectivity index (χ3v) is 3.73. The molecule has 2 heterocycles. The molecular formula is C12H21N3O2S. The Labute approximate surface area is 112 Å². The summed E-state index contributed by atoms with van der Waals surface area (Å²) in [5.41, 5.74) is 1.12. The Balaban J connectivity index is 1.71. The van der Waals surface area contributed by atoms with Gasteiger partial charge in [0.05, 0.1) is 32.1 Å². The lowest BCUT2D eigenvalue weighted by Gasteiger charge is -2.25. The molecule has 5 nitrogen and oxygen atoms in total. The minimum Gasteiger partial charge on any atom is -0.383 e. The predicted molar refractivity (Wildman–Crippen MR) is 71.8 cm³/mol. The lowest BCUT2D eigenvalue weighted by Crippen LogP contribution is -2.35. The van der Waals surface area contributed by atoms with Crippen LogP contribution in [0.25, 0.3) is 0 Å². The highest BCUT2D eigenvalue weighted by Crippen LogP contribution is 2.13. The van der Waals surface area contributed by atoms with Crippen molar-refractivity contribution < 1.29 is 9.47 Å². The highest BCUT2D eigenvalue weighted by atomic mass is 32.1. The zero-order valence-corrected chi connectivity index (χ0v) is 11.7. The average molecular weight is 271 g/mol. The normalized spacial score (nSPS) is 17.2. The van der Waals surface area contributed by atoms with Crippen molar-refractivity contribution in [1.29, 1.82) is 0 Å². The van der Waals surface area contributed by atoms with Gasteiger partial charge in [-0.05, 0) is 0 Å². The molecule has 0 aromatic carbocycles. The van der Waals surface area contributed by atoms with Gasteiger partial charge in [-0.15, -0.1) is 11.3 Å². The van der Waals surface area contributed by atoms with Crippen LogP contribution in [0.2, 0.25) is 0 Å². The minimum atomic E-state index is 0.741. The largest absolute Gasteiger partial charge is 0.383 e. The lowest BCUT2D eigenvalue weighted by molar-refractivity contribution is 0.0341. The topological polar surface area (TPSA) is 46.6 Å². The first-order chi connectivity index (χ1) is 8.88. The number of methoxy groups -OCH3 is 1. The maximum Gasteiger partial charge on any atom is 0.107 e. The fraction of sp³-hybridized carbons (Fsp3) is 0.750. The van der Waals surface area contributed by atoms with E-state index in [4.69, 9.17) is 9.47 Å². The number of ether oxygens (including phenoxy) is 2. The van der Waals surface area contributed by atoms with Crippen LogP contribution in [0.4, 0.5) is 0 Å². The van der Waals surface area contributed by atoms with Gasteiger partial charge in [-0.1, -0.05) is 0 Å². The van der Waals surface area contributed by atoms with Gasteiger partial charge in [-0.2, -0.15) is 0 Å². The molecule has 0 amide bonds. The molecule has 1 N–H and O–H groups in total. The molecule has 1 aromatic rings. The van der Waals surface area contributed by atoms with Crippen LogP contribution in [0.1, 0.15) is 10.7 Å². The second-order valence-corrected chi connectivity index (χ2v) is 5.23. The molecule has 1 aliphatic rings. The Morgan fingerprint density at radius 2 is 2.33 bits per heavy atom. The summed E-state index contributed by atoms with van der Waals surface area (Å²) in [5.74, 6) is 0. The van der Waals surface area contributed by atoms with Crippen molar-refractivity contribution in [3.05, 3.63) is 16.1 Å². The number of hydrogen-bond acceptors (Lipinski definition) is 6. The van der Waals surface area contributed by atoms with Crippen LogP contribution < -0.4 is 5.32 Å². The first-order valence-electron chi connectivity index (χ1n) is 6.31. The molecule has 0 aliphatic carbocycles. The quantitative estimate of drug-likeness (QED) is 0.740. The van der Waals surface area contributed by atoms with E-state index in [1.165, 1.54) is 5.01 Å². The van der Waals surface area contributed by atoms with Crippen LogP contribution in [0.15, 0.2) is 5.38 Å². The zero-order chi connectivity index (χ0) is 12.6. The van der Waals surface area contributed by atoms with Gasteiger partial charge in [-0.25, -0.2) is 4.98 Å². The van der Waals surface area contributed by atoms with Gasteiger partial charge >= 0.3 is 0 Å². The van der Waals surface area contributed by atoms with Crippen molar-refractivity contribution in [3.63, 3.8) is 0 Å². The van der Waals surface area contributed by atoms with Gasteiger partial charge in [0.25, 0.3) is 0 Å². The van der Waals surface area contributed by atoms with E-state index < -0.39 is 0 Å². The smallest absolute Gasteiger partial charge is 0.107 e. The molecule has 18 heavy (non-hydrogen) atoms. The minimum absolute atomic E-state index is 0.741. The highest BCUT2D eigenvalue weighted by Gasteiger charge is 2.12. The molecule has 1 aliphatic heterocycles. The number of nitrogens with one attached hydrogen (secondary N) is 1. The fourth-order valence-electron chi connectivity index (χ4n) is 1.84. The van der Waals surface area contributed by atoms with Crippen LogP contribution in [-0.2, 0) is 22.6 Å². The van der Waals surface area contributed by atoms with Crippen LogP contribution >= 0.6 is 11.3 Å². The maximum absolute atomic E-state index is 5.34. The van der Waals surface area contributed by atoms with Crippen molar-refractivity contribution in [3.8, 4) is 0 Å².